The summed E-state index contributed by atoms with van der Waals surface area (Å²) in [5, 5.41) is 19.9. The molecule has 2 amide bonds. The van der Waals surface area contributed by atoms with Gasteiger partial charge in [-0.1, -0.05) is 28.7 Å². The zero-order valence-electron chi connectivity index (χ0n) is 20.7. The van der Waals surface area contributed by atoms with E-state index in [2.05, 4.69) is 32.9 Å². The van der Waals surface area contributed by atoms with Crippen molar-refractivity contribution in [3.05, 3.63) is 41.1 Å². The van der Waals surface area contributed by atoms with Crippen LogP contribution in [0.2, 0.25) is 0 Å². The first-order valence-electron chi connectivity index (χ1n) is 11.4. The van der Waals surface area contributed by atoms with Gasteiger partial charge >= 0.3 is 5.16 Å². The van der Waals surface area contributed by atoms with E-state index in [-0.39, 0.29) is 46.2 Å². The van der Waals surface area contributed by atoms with Gasteiger partial charge in [0.1, 0.15) is 17.1 Å². The van der Waals surface area contributed by atoms with Crippen molar-refractivity contribution >= 4 is 75.1 Å². The van der Waals surface area contributed by atoms with Crippen molar-refractivity contribution in [2.75, 3.05) is 35.3 Å². The normalized spacial score (nSPS) is 18.4. The second-order valence-corrected chi connectivity index (χ2v) is 11.1. The number of thiazole rings is 1. The van der Waals surface area contributed by atoms with Crippen LogP contribution in [0, 0.1) is 12.3 Å². The van der Waals surface area contributed by atoms with E-state index in [1.807, 2.05) is 0 Å². The monoisotopic (exact) mass is 601 g/mol. The standard InChI is InChI=1S/C23H23N9O5S3/c1-3-5-31-14(25)7-13(24)28-23(31)40-9-11-8-38-20-16(19(34)32(20)17(11)21(35)36)29-18(33)15(30-37-6-4-2)12-10-39-22(26)27-12/h2-3,7,10,16,20H,1,5-6,8-9H2,(H7,24,25,26,27,29,33,35,36)/b30-15-. The Morgan fingerprint density at radius 1 is 1.43 bits per heavy atom. The summed E-state index contributed by atoms with van der Waals surface area (Å²) in [6, 6.07) is 0.481. The number of carbonyl (C=O) groups excluding carboxylic acids is 3. The lowest BCUT2D eigenvalue weighted by Crippen LogP contribution is -2.71. The average Bonchev–Trinajstić information content (AvgIpc) is 3.34. The van der Waals surface area contributed by atoms with E-state index < -0.39 is 29.2 Å². The van der Waals surface area contributed by atoms with Crippen LogP contribution in [0.3, 0.4) is 0 Å². The van der Waals surface area contributed by atoms with Crippen molar-refractivity contribution in [2.24, 2.45) is 5.16 Å². The van der Waals surface area contributed by atoms with Gasteiger partial charge in [0.05, 0.1) is 24.3 Å². The third kappa shape index (κ3) is 5.83. The molecule has 0 aromatic carbocycles. The summed E-state index contributed by atoms with van der Waals surface area (Å²) in [7, 11) is 0. The largest absolute Gasteiger partial charge is 0.543 e. The molecule has 7 N–H and O–H groups in total. The molecule has 0 spiro atoms. The summed E-state index contributed by atoms with van der Waals surface area (Å²) < 4.78 is 1.68. The van der Waals surface area contributed by atoms with Crippen LogP contribution in [-0.2, 0) is 25.8 Å². The number of nitrogens with two attached hydrogens (primary N) is 3. The van der Waals surface area contributed by atoms with Crippen molar-refractivity contribution < 1.29 is 28.9 Å². The number of thioether (sulfide) groups is 2. The lowest BCUT2D eigenvalue weighted by molar-refractivity contribution is -0.713. The minimum atomic E-state index is -1.51. The fourth-order valence-electron chi connectivity index (χ4n) is 3.84. The Hall–Kier alpha value is -4.27. The Labute approximate surface area is 240 Å². The van der Waals surface area contributed by atoms with Gasteiger partial charge in [-0.2, -0.15) is 0 Å². The maximum atomic E-state index is 13.1. The topological polar surface area (TPSA) is 219 Å². The number of aliphatic carboxylic acids is 1. The van der Waals surface area contributed by atoms with Crippen molar-refractivity contribution in [1.29, 1.82) is 0 Å². The van der Waals surface area contributed by atoms with Gasteiger partial charge in [0.15, 0.2) is 17.5 Å². The van der Waals surface area contributed by atoms with E-state index in [9.17, 15) is 19.5 Å². The lowest BCUT2D eigenvalue weighted by Gasteiger charge is -2.50. The molecule has 2 unspecified atom stereocenters. The van der Waals surface area contributed by atoms with Crippen LogP contribution in [-0.4, -0.2) is 67.9 Å². The number of aromatic nitrogens is 3. The fraction of sp³-hybridized carbons (Fsp3) is 0.261. The molecule has 208 valence electrons. The molecule has 2 atom stereocenters. The third-order valence-electron chi connectivity index (χ3n) is 5.56. The highest BCUT2D eigenvalue weighted by Gasteiger charge is 2.53. The van der Waals surface area contributed by atoms with Gasteiger partial charge in [-0.3, -0.25) is 14.5 Å². The molecule has 0 saturated carbocycles. The Bertz CT molecular complexity index is 1480. The molecule has 1 fully saturated rings. The molecule has 2 aromatic rings. The number of nitrogen functional groups attached to an aromatic ring is 3. The van der Waals surface area contributed by atoms with Crippen molar-refractivity contribution in [3.63, 3.8) is 0 Å². The number of allylic oxidation sites excluding steroid dienone is 1. The minimum absolute atomic E-state index is 0.135. The molecule has 2 aliphatic rings. The molecule has 4 heterocycles. The highest BCUT2D eigenvalue weighted by Crippen LogP contribution is 2.41. The maximum absolute atomic E-state index is 13.1. The number of fused-ring (bicyclic) bond motifs is 1. The predicted octanol–water partition coefficient (Wildman–Crippen LogP) is -1.69. The molecule has 1 saturated heterocycles. The Kier molecular flexibility index (Phi) is 8.82. The second kappa shape index (κ2) is 12.3. The third-order valence-corrected chi connectivity index (χ3v) is 8.64. The quantitative estimate of drug-likeness (QED) is 0.0261. The fourth-order valence-corrected chi connectivity index (χ4v) is 6.92. The van der Waals surface area contributed by atoms with Crippen LogP contribution in [0.25, 0.3) is 0 Å². The molecule has 14 nitrogen and oxygen atoms in total. The highest BCUT2D eigenvalue weighted by molar-refractivity contribution is 8.01. The number of oxime groups is 1. The van der Waals surface area contributed by atoms with E-state index in [1.165, 1.54) is 35.0 Å². The molecule has 0 radical (unpaired) electrons. The summed E-state index contributed by atoms with van der Waals surface area (Å²) in [4.78, 5) is 52.7. The van der Waals surface area contributed by atoms with Crippen LogP contribution in [0.4, 0.5) is 16.8 Å². The molecule has 0 bridgehead atoms. The van der Waals surface area contributed by atoms with E-state index in [0.29, 0.717) is 23.1 Å². The number of hydrogen-bond acceptors (Lipinski definition) is 14. The van der Waals surface area contributed by atoms with Crippen LogP contribution in [0.5, 0.6) is 0 Å². The maximum Gasteiger partial charge on any atom is 0.301 e. The summed E-state index contributed by atoms with van der Waals surface area (Å²) in [5.74, 6) is 0.321. The van der Waals surface area contributed by atoms with Crippen molar-refractivity contribution in [1.82, 2.24) is 20.2 Å². The highest BCUT2D eigenvalue weighted by atomic mass is 32.2. The number of nitrogens with one attached hydrogen (secondary N) is 1. The van der Waals surface area contributed by atoms with Crippen LogP contribution in [0.15, 0.2) is 45.7 Å². The Balaban J connectivity index is 1.52. The number of carboxylic acids is 1. The summed E-state index contributed by atoms with van der Waals surface area (Å²) >= 11 is 3.58. The number of amides is 2. The second-order valence-electron chi connectivity index (χ2n) is 8.17. The first kappa shape index (κ1) is 28.7. The summed E-state index contributed by atoms with van der Waals surface area (Å²) in [6.45, 7) is 3.87. The molecule has 0 aliphatic carbocycles. The number of carboxylic acid groups (broad SMARTS) is 1. The summed E-state index contributed by atoms with van der Waals surface area (Å²) in [6.07, 6.45) is 6.80. The molecule has 2 aromatic heterocycles. The van der Waals surface area contributed by atoms with Crippen LogP contribution >= 0.6 is 34.9 Å². The molecule has 40 heavy (non-hydrogen) atoms. The number of terminal acetylenes is 1. The van der Waals surface area contributed by atoms with Gasteiger partial charge in [0.2, 0.25) is 11.6 Å². The molecule has 4 rings (SSSR count). The van der Waals surface area contributed by atoms with Gasteiger partial charge in [-0.05, 0) is 17.3 Å². The molecule has 2 aliphatic heterocycles. The van der Waals surface area contributed by atoms with Crippen molar-refractivity contribution in [2.45, 2.75) is 23.1 Å². The number of hydrogen-bond donors (Lipinski definition) is 4. The zero-order valence-corrected chi connectivity index (χ0v) is 23.2. The Morgan fingerprint density at radius 3 is 2.85 bits per heavy atom. The molecule has 17 heteroatoms. The van der Waals surface area contributed by atoms with Gasteiger partial charge in [0, 0.05) is 16.9 Å². The lowest BCUT2D eigenvalue weighted by atomic mass is 10.0. The van der Waals surface area contributed by atoms with E-state index in [1.54, 1.807) is 10.6 Å². The van der Waals surface area contributed by atoms with Crippen LogP contribution in [0.1, 0.15) is 5.69 Å². The molecular formula is C23H23N9O5S3. The number of nitrogens with zero attached hydrogens (tertiary/aromatic N) is 5. The van der Waals surface area contributed by atoms with Gasteiger partial charge in [-0.15, -0.1) is 29.5 Å². The number of anilines is 3. The van der Waals surface area contributed by atoms with Gasteiger partial charge in [-0.25, -0.2) is 9.55 Å². The average molecular weight is 602 g/mol. The van der Waals surface area contributed by atoms with Gasteiger partial charge < -0.3 is 37.3 Å². The van der Waals surface area contributed by atoms with E-state index in [4.69, 9.17) is 28.5 Å². The van der Waals surface area contributed by atoms with Crippen molar-refractivity contribution in [3.8, 4) is 12.3 Å². The van der Waals surface area contributed by atoms with E-state index in [0.717, 1.165) is 16.2 Å². The number of rotatable bonds is 11. The predicted molar refractivity (Wildman–Crippen MR) is 149 cm³/mol. The SMILES string of the molecule is C#CCO/N=C(\C(=O)NC1C(=O)N2C(C(=O)[O-])=C(CSc3nc(N)cc(N)[n+]3CC=C)CSC12)c1csc(N)n1. The molecular weight excluding hydrogens is 579 g/mol. The Morgan fingerprint density at radius 2 is 2.20 bits per heavy atom. The van der Waals surface area contributed by atoms with Gasteiger partial charge in [0.25, 0.3) is 11.8 Å². The summed E-state index contributed by atoms with van der Waals surface area (Å²) in [5.41, 5.74) is 17.7. The van der Waals surface area contributed by atoms with E-state index >= 15 is 0 Å². The number of β-lactam (4-membered cyclic amide) rings is 1. The first-order valence-corrected chi connectivity index (χ1v) is 14.3. The first-order chi connectivity index (χ1) is 19.2. The minimum Gasteiger partial charge on any atom is -0.543 e. The zero-order chi connectivity index (χ0) is 29.0. The van der Waals surface area contributed by atoms with Crippen LogP contribution < -0.4 is 32.2 Å². The number of carbonyl (C=O) groups is 3. The smallest absolute Gasteiger partial charge is 0.301 e.